The highest BCUT2D eigenvalue weighted by molar-refractivity contribution is 5.91. The number of H-pyrrole nitrogens is 1. The van der Waals surface area contributed by atoms with Gasteiger partial charge in [-0.3, -0.25) is 19.3 Å². The van der Waals surface area contributed by atoms with Crippen LogP contribution in [0.3, 0.4) is 0 Å². The van der Waals surface area contributed by atoms with Gasteiger partial charge in [0, 0.05) is 25.7 Å². The van der Waals surface area contributed by atoms with E-state index in [1.807, 2.05) is 0 Å². The predicted octanol–water partition coefficient (Wildman–Crippen LogP) is 1.35. The van der Waals surface area contributed by atoms with E-state index in [-0.39, 0.29) is 23.7 Å². The average Bonchev–Trinajstić information content (AvgIpc) is 3.23. The third-order valence-electron chi connectivity index (χ3n) is 4.66. The minimum atomic E-state index is -0.377. The summed E-state index contributed by atoms with van der Waals surface area (Å²) >= 11 is 0. The second-order valence-corrected chi connectivity index (χ2v) is 6.54. The molecule has 0 saturated carbocycles. The molecule has 10 heteroatoms. The van der Waals surface area contributed by atoms with E-state index < -0.39 is 0 Å². The van der Waals surface area contributed by atoms with Crippen LogP contribution in [0.4, 0.5) is 0 Å². The summed E-state index contributed by atoms with van der Waals surface area (Å²) < 4.78 is 7.73. The van der Waals surface area contributed by atoms with Crippen molar-refractivity contribution in [2.45, 2.75) is 6.61 Å². The quantitative estimate of drug-likeness (QED) is 0.451. The number of hydrogen-bond donors (Lipinski definition) is 1. The molecule has 0 aliphatic carbocycles. The van der Waals surface area contributed by atoms with Gasteiger partial charge in [-0.2, -0.15) is 4.98 Å². The molecule has 1 N–H and O–H groups in total. The van der Waals surface area contributed by atoms with Gasteiger partial charge in [-0.15, -0.1) is 5.10 Å². The molecule has 0 saturated heterocycles. The number of nitrogens with one attached hydrogen (secondary N) is 1. The number of fused-ring (bicyclic) bond motifs is 2. The molecule has 0 atom stereocenters. The first-order valence-corrected chi connectivity index (χ1v) is 9.05. The van der Waals surface area contributed by atoms with Crippen LogP contribution in [-0.4, -0.2) is 41.4 Å². The highest BCUT2D eigenvalue weighted by Crippen LogP contribution is 2.16. The van der Waals surface area contributed by atoms with Gasteiger partial charge in [0.25, 0.3) is 17.1 Å². The second-order valence-electron chi connectivity index (χ2n) is 6.54. The van der Waals surface area contributed by atoms with Gasteiger partial charge in [-0.25, -0.2) is 14.5 Å². The Morgan fingerprint density at radius 1 is 0.967 bits per heavy atom. The molecule has 0 bridgehead atoms. The van der Waals surface area contributed by atoms with Crippen molar-refractivity contribution < 1.29 is 4.74 Å². The first kappa shape index (κ1) is 17.9. The van der Waals surface area contributed by atoms with E-state index in [9.17, 15) is 9.59 Å². The van der Waals surface area contributed by atoms with Gasteiger partial charge < -0.3 is 4.74 Å². The number of methoxy groups -OCH3 is 1. The molecule has 0 fully saturated rings. The molecule has 5 aromatic rings. The third-order valence-corrected chi connectivity index (χ3v) is 4.66. The number of aromatic amines is 1. The largest absolute Gasteiger partial charge is 0.377 e. The maximum atomic E-state index is 13.1. The summed E-state index contributed by atoms with van der Waals surface area (Å²) in [4.78, 5) is 39.1. The number of pyridine rings is 4. The number of aromatic nitrogens is 7. The number of ether oxygens (including phenoxy) is 1. The Morgan fingerprint density at radius 3 is 2.40 bits per heavy atom. The summed E-state index contributed by atoms with van der Waals surface area (Å²) in [6.07, 6.45) is 4.79. The Balaban J connectivity index is 1.72. The van der Waals surface area contributed by atoms with Gasteiger partial charge in [-0.05, 0) is 30.3 Å². The second kappa shape index (κ2) is 7.01. The van der Waals surface area contributed by atoms with Crippen LogP contribution < -0.4 is 11.1 Å². The summed E-state index contributed by atoms with van der Waals surface area (Å²) in [5.41, 5.74) is 0.289. The van der Waals surface area contributed by atoms with Crippen LogP contribution in [0.2, 0.25) is 0 Å². The fourth-order valence-electron chi connectivity index (χ4n) is 3.25. The monoisotopic (exact) mass is 401 g/mol. The molecule has 5 aromatic heterocycles. The summed E-state index contributed by atoms with van der Waals surface area (Å²) in [7, 11) is 1.54. The van der Waals surface area contributed by atoms with Gasteiger partial charge in [-0.1, -0.05) is 6.07 Å². The Hall–Kier alpha value is -4.18. The van der Waals surface area contributed by atoms with Crippen molar-refractivity contribution >= 4 is 21.8 Å². The molecule has 0 aliphatic rings. The molecular weight excluding hydrogens is 386 g/mol. The molecule has 5 rings (SSSR count). The molecule has 10 nitrogen and oxygen atoms in total. The van der Waals surface area contributed by atoms with Crippen LogP contribution in [0.1, 0.15) is 5.82 Å². The Labute approximate surface area is 168 Å². The van der Waals surface area contributed by atoms with E-state index in [1.165, 1.54) is 9.13 Å². The molecule has 0 spiro atoms. The van der Waals surface area contributed by atoms with E-state index in [0.717, 1.165) is 0 Å². The van der Waals surface area contributed by atoms with E-state index in [0.29, 0.717) is 33.4 Å². The van der Waals surface area contributed by atoms with Gasteiger partial charge in [0.2, 0.25) is 0 Å². The van der Waals surface area contributed by atoms with Gasteiger partial charge >= 0.3 is 0 Å². The van der Waals surface area contributed by atoms with Crippen LogP contribution >= 0.6 is 0 Å². The first-order valence-electron chi connectivity index (χ1n) is 9.05. The Morgan fingerprint density at radius 2 is 1.70 bits per heavy atom. The smallest absolute Gasteiger partial charge is 0.267 e. The lowest BCUT2D eigenvalue weighted by atomic mass is 10.2. The van der Waals surface area contributed by atoms with Gasteiger partial charge in [0.1, 0.15) is 12.4 Å². The lowest BCUT2D eigenvalue weighted by Crippen LogP contribution is -2.21. The Bertz CT molecular complexity index is 1500. The average molecular weight is 401 g/mol. The molecule has 5 heterocycles. The molecule has 148 valence electrons. The molecule has 0 radical (unpaired) electrons. The van der Waals surface area contributed by atoms with Crippen molar-refractivity contribution in [2.75, 3.05) is 7.11 Å². The lowest BCUT2D eigenvalue weighted by molar-refractivity contribution is 0.178. The number of hydrogen-bond acceptors (Lipinski definition) is 7. The first-order chi connectivity index (χ1) is 14.7. The van der Waals surface area contributed by atoms with Gasteiger partial charge in [0.05, 0.1) is 21.8 Å². The van der Waals surface area contributed by atoms with Crippen LogP contribution in [0, 0.1) is 0 Å². The highest BCUT2D eigenvalue weighted by Gasteiger charge is 2.13. The number of rotatable bonds is 4. The van der Waals surface area contributed by atoms with Gasteiger partial charge in [0.15, 0.2) is 5.82 Å². The van der Waals surface area contributed by atoms with Crippen LogP contribution in [-0.2, 0) is 11.3 Å². The van der Waals surface area contributed by atoms with E-state index in [2.05, 4.69) is 25.1 Å². The van der Waals surface area contributed by atoms with Crippen molar-refractivity contribution in [2.24, 2.45) is 0 Å². The molecule has 0 amide bonds. The fourth-order valence-corrected chi connectivity index (χ4v) is 3.25. The molecule has 0 unspecified atom stereocenters. The fraction of sp³-hybridized carbons (Fsp3) is 0.100. The molecule has 30 heavy (non-hydrogen) atoms. The molecule has 0 aromatic carbocycles. The Kier molecular flexibility index (Phi) is 4.18. The van der Waals surface area contributed by atoms with Crippen molar-refractivity contribution in [3.05, 3.63) is 81.5 Å². The zero-order chi connectivity index (χ0) is 20.7. The topological polar surface area (TPSA) is 121 Å². The maximum absolute atomic E-state index is 13.1. The zero-order valence-electron chi connectivity index (χ0n) is 15.8. The lowest BCUT2D eigenvalue weighted by Gasteiger charge is -2.07. The van der Waals surface area contributed by atoms with Crippen molar-refractivity contribution in [3.63, 3.8) is 0 Å². The summed E-state index contributed by atoms with van der Waals surface area (Å²) in [5.74, 6) is 1.17. The van der Waals surface area contributed by atoms with Crippen molar-refractivity contribution in [3.8, 4) is 11.8 Å². The SMILES string of the molecule is COCc1nc(-n2ccc3nc4ccn(-c5ccccn5)c(=O)c4cc3c2=O)n[nH]1. The standard InChI is InChI=1S/C20H15N7O3/c1-30-11-16-23-20(25-24-16)27-9-6-15-13(19(27)29)10-12-14(22-15)5-8-26(18(12)28)17-4-2-3-7-21-17/h2-10H,11H2,1H3,(H,23,24,25). The maximum Gasteiger partial charge on any atom is 0.267 e. The summed E-state index contributed by atoms with van der Waals surface area (Å²) in [6, 6.07) is 10.3. The van der Waals surface area contributed by atoms with Crippen molar-refractivity contribution in [1.82, 2.24) is 34.3 Å². The summed E-state index contributed by atoms with van der Waals surface area (Å²) in [5, 5.41) is 7.39. The van der Waals surface area contributed by atoms with Crippen molar-refractivity contribution in [1.29, 1.82) is 0 Å². The molecule has 0 aliphatic heterocycles. The minimum Gasteiger partial charge on any atom is -0.377 e. The van der Waals surface area contributed by atoms with Crippen LogP contribution in [0.25, 0.3) is 33.6 Å². The third kappa shape index (κ3) is 2.86. The number of nitrogens with zero attached hydrogens (tertiary/aromatic N) is 6. The van der Waals surface area contributed by atoms with E-state index in [1.54, 1.807) is 62.1 Å². The zero-order valence-corrected chi connectivity index (χ0v) is 15.8. The minimum absolute atomic E-state index is 0.188. The van der Waals surface area contributed by atoms with E-state index >= 15 is 0 Å². The van der Waals surface area contributed by atoms with Crippen LogP contribution in [0.5, 0.6) is 0 Å². The van der Waals surface area contributed by atoms with Crippen LogP contribution in [0.15, 0.2) is 64.6 Å². The summed E-state index contributed by atoms with van der Waals surface area (Å²) in [6.45, 7) is 0.245. The van der Waals surface area contributed by atoms with E-state index in [4.69, 9.17) is 4.74 Å². The predicted molar refractivity (Wildman–Crippen MR) is 109 cm³/mol. The normalized spacial score (nSPS) is 11.4. The molecular formula is C20H15N7O3. The highest BCUT2D eigenvalue weighted by atomic mass is 16.5.